The summed E-state index contributed by atoms with van der Waals surface area (Å²) in [5.74, 6) is 2.73. The molecule has 1 aromatic heterocycles. The highest BCUT2D eigenvalue weighted by Crippen LogP contribution is 2.28. The third-order valence-corrected chi connectivity index (χ3v) is 5.70. The second-order valence-electron chi connectivity index (χ2n) is 7.52. The molecule has 0 saturated carbocycles. The molecule has 2 saturated heterocycles. The van der Waals surface area contributed by atoms with Crippen LogP contribution in [-0.2, 0) is 0 Å². The van der Waals surface area contributed by atoms with E-state index in [0.29, 0.717) is 0 Å². The molecule has 2 fully saturated rings. The number of piperidine rings is 2. The Balaban J connectivity index is 1.49. The SMILES string of the molecule is COc1cccc2ccc(N3CCCC(CN4CCCCC4)C3)nc12. The fraction of sp³-hybridized carbons (Fsp3) is 0.571. The summed E-state index contributed by atoms with van der Waals surface area (Å²) in [6, 6.07) is 10.5. The summed E-state index contributed by atoms with van der Waals surface area (Å²) in [6.07, 6.45) is 6.79. The second kappa shape index (κ2) is 7.61. The van der Waals surface area contributed by atoms with Gasteiger partial charge in [-0.05, 0) is 62.9 Å². The summed E-state index contributed by atoms with van der Waals surface area (Å²) >= 11 is 0. The Morgan fingerprint density at radius 3 is 2.76 bits per heavy atom. The van der Waals surface area contributed by atoms with E-state index in [-0.39, 0.29) is 0 Å². The van der Waals surface area contributed by atoms with Crippen molar-refractivity contribution in [3.63, 3.8) is 0 Å². The van der Waals surface area contributed by atoms with E-state index >= 15 is 0 Å². The first-order chi connectivity index (χ1) is 12.3. The highest BCUT2D eigenvalue weighted by molar-refractivity contribution is 5.85. The number of anilines is 1. The van der Waals surface area contributed by atoms with E-state index in [1.807, 2.05) is 12.1 Å². The zero-order valence-electron chi connectivity index (χ0n) is 15.3. The van der Waals surface area contributed by atoms with Crippen molar-refractivity contribution in [3.05, 3.63) is 30.3 Å². The lowest BCUT2D eigenvalue weighted by atomic mass is 9.96. The summed E-state index contributed by atoms with van der Waals surface area (Å²) in [4.78, 5) is 10.1. The molecule has 2 aliphatic heterocycles. The van der Waals surface area contributed by atoms with Gasteiger partial charge in [0.2, 0.25) is 0 Å². The average Bonchev–Trinajstić information content (AvgIpc) is 2.68. The molecule has 134 valence electrons. The van der Waals surface area contributed by atoms with Gasteiger partial charge in [-0.25, -0.2) is 4.98 Å². The molecule has 4 rings (SSSR count). The second-order valence-corrected chi connectivity index (χ2v) is 7.52. The lowest BCUT2D eigenvalue weighted by Crippen LogP contribution is -2.42. The number of benzene rings is 1. The van der Waals surface area contributed by atoms with E-state index in [2.05, 4.69) is 28.0 Å². The molecule has 0 aliphatic carbocycles. The molecule has 0 N–H and O–H groups in total. The predicted octanol–water partition coefficient (Wildman–Crippen LogP) is 3.95. The number of likely N-dealkylation sites (tertiary alicyclic amines) is 1. The van der Waals surface area contributed by atoms with Crippen molar-refractivity contribution in [2.24, 2.45) is 5.92 Å². The third-order valence-electron chi connectivity index (χ3n) is 5.70. The minimum absolute atomic E-state index is 0.766. The van der Waals surface area contributed by atoms with E-state index in [1.165, 1.54) is 51.7 Å². The van der Waals surface area contributed by atoms with Gasteiger partial charge in [0.15, 0.2) is 0 Å². The number of fused-ring (bicyclic) bond motifs is 1. The van der Waals surface area contributed by atoms with E-state index in [4.69, 9.17) is 9.72 Å². The number of pyridine rings is 1. The maximum atomic E-state index is 5.50. The Morgan fingerprint density at radius 1 is 1.04 bits per heavy atom. The van der Waals surface area contributed by atoms with Gasteiger partial charge < -0.3 is 14.5 Å². The highest BCUT2D eigenvalue weighted by atomic mass is 16.5. The van der Waals surface area contributed by atoms with Crippen LogP contribution in [-0.4, -0.2) is 49.7 Å². The number of para-hydroxylation sites is 1. The van der Waals surface area contributed by atoms with Crippen molar-refractivity contribution in [2.75, 3.05) is 44.7 Å². The normalized spacial score (nSPS) is 22.3. The average molecular weight is 339 g/mol. The molecule has 1 aromatic carbocycles. The maximum absolute atomic E-state index is 5.50. The third kappa shape index (κ3) is 3.74. The van der Waals surface area contributed by atoms with Gasteiger partial charge in [0.25, 0.3) is 0 Å². The van der Waals surface area contributed by atoms with Crippen molar-refractivity contribution >= 4 is 16.7 Å². The number of hydrogen-bond donors (Lipinski definition) is 0. The maximum Gasteiger partial charge on any atom is 0.145 e. The molecule has 0 spiro atoms. The Labute approximate surface area is 150 Å². The molecule has 3 heterocycles. The lowest BCUT2D eigenvalue weighted by Gasteiger charge is -2.37. The quantitative estimate of drug-likeness (QED) is 0.843. The van der Waals surface area contributed by atoms with Crippen LogP contribution in [0.2, 0.25) is 0 Å². The van der Waals surface area contributed by atoms with E-state index in [1.54, 1.807) is 7.11 Å². The van der Waals surface area contributed by atoms with E-state index < -0.39 is 0 Å². The van der Waals surface area contributed by atoms with Crippen LogP contribution in [0, 0.1) is 5.92 Å². The monoisotopic (exact) mass is 339 g/mol. The number of rotatable bonds is 4. The van der Waals surface area contributed by atoms with Crippen molar-refractivity contribution in [1.82, 2.24) is 9.88 Å². The minimum Gasteiger partial charge on any atom is -0.494 e. The van der Waals surface area contributed by atoms with Crippen LogP contribution in [0.4, 0.5) is 5.82 Å². The van der Waals surface area contributed by atoms with Crippen LogP contribution in [0.5, 0.6) is 5.75 Å². The Morgan fingerprint density at radius 2 is 1.92 bits per heavy atom. The van der Waals surface area contributed by atoms with Crippen molar-refractivity contribution in [3.8, 4) is 5.75 Å². The van der Waals surface area contributed by atoms with Gasteiger partial charge in [0.1, 0.15) is 17.1 Å². The summed E-state index contributed by atoms with van der Waals surface area (Å²) < 4.78 is 5.50. The minimum atomic E-state index is 0.766. The molecule has 0 amide bonds. The topological polar surface area (TPSA) is 28.6 Å². The van der Waals surface area contributed by atoms with Gasteiger partial charge in [0.05, 0.1) is 7.11 Å². The van der Waals surface area contributed by atoms with E-state index in [0.717, 1.165) is 41.5 Å². The first kappa shape index (κ1) is 16.6. The smallest absolute Gasteiger partial charge is 0.145 e. The Kier molecular flexibility index (Phi) is 5.07. The first-order valence-corrected chi connectivity index (χ1v) is 9.74. The molecule has 4 heteroatoms. The number of nitrogens with zero attached hydrogens (tertiary/aromatic N) is 3. The van der Waals surface area contributed by atoms with Crippen molar-refractivity contribution in [2.45, 2.75) is 32.1 Å². The van der Waals surface area contributed by atoms with Crippen LogP contribution in [0.15, 0.2) is 30.3 Å². The standard InChI is InChI=1S/C21H29N3O/c1-25-19-9-5-8-18-10-11-20(22-21(18)19)24-14-6-7-17(16-24)15-23-12-3-2-4-13-23/h5,8-11,17H,2-4,6-7,12-16H2,1H3. The van der Waals surface area contributed by atoms with Crippen LogP contribution in [0.25, 0.3) is 10.9 Å². The molecule has 25 heavy (non-hydrogen) atoms. The van der Waals surface area contributed by atoms with Gasteiger partial charge in [-0.1, -0.05) is 18.6 Å². The van der Waals surface area contributed by atoms with Crippen molar-refractivity contribution < 1.29 is 4.74 Å². The van der Waals surface area contributed by atoms with E-state index in [9.17, 15) is 0 Å². The fourth-order valence-corrected chi connectivity index (χ4v) is 4.38. The number of ether oxygens (including phenoxy) is 1. The summed E-state index contributed by atoms with van der Waals surface area (Å²) in [5.41, 5.74) is 0.973. The Hall–Kier alpha value is -1.81. The summed E-state index contributed by atoms with van der Waals surface area (Å²) in [6.45, 7) is 6.09. The van der Waals surface area contributed by atoms with Crippen LogP contribution < -0.4 is 9.64 Å². The molecule has 1 atom stereocenters. The number of methoxy groups -OCH3 is 1. The summed E-state index contributed by atoms with van der Waals surface area (Å²) in [7, 11) is 1.72. The molecular weight excluding hydrogens is 310 g/mol. The zero-order valence-corrected chi connectivity index (χ0v) is 15.3. The van der Waals surface area contributed by atoms with Crippen molar-refractivity contribution in [1.29, 1.82) is 0 Å². The highest BCUT2D eigenvalue weighted by Gasteiger charge is 2.24. The first-order valence-electron chi connectivity index (χ1n) is 9.74. The van der Waals surface area contributed by atoms with Crippen LogP contribution >= 0.6 is 0 Å². The molecule has 0 bridgehead atoms. The van der Waals surface area contributed by atoms with Gasteiger partial charge in [-0.2, -0.15) is 0 Å². The molecule has 2 aromatic rings. The van der Waals surface area contributed by atoms with Crippen LogP contribution in [0.1, 0.15) is 32.1 Å². The zero-order chi connectivity index (χ0) is 17.1. The van der Waals surface area contributed by atoms with Crippen LogP contribution in [0.3, 0.4) is 0 Å². The fourth-order valence-electron chi connectivity index (χ4n) is 4.38. The molecule has 4 nitrogen and oxygen atoms in total. The number of hydrogen-bond acceptors (Lipinski definition) is 4. The predicted molar refractivity (Wildman–Crippen MR) is 104 cm³/mol. The largest absolute Gasteiger partial charge is 0.494 e. The van der Waals surface area contributed by atoms with Gasteiger partial charge in [-0.15, -0.1) is 0 Å². The Bertz CT molecular complexity index is 711. The van der Waals surface area contributed by atoms with Gasteiger partial charge in [0, 0.05) is 25.0 Å². The molecular formula is C21H29N3O. The molecule has 0 radical (unpaired) electrons. The molecule has 2 aliphatic rings. The number of aromatic nitrogens is 1. The van der Waals surface area contributed by atoms with Gasteiger partial charge >= 0.3 is 0 Å². The van der Waals surface area contributed by atoms with Gasteiger partial charge in [-0.3, -0.25) is 0 Å². The lowest BCUT2D eigenvalue weighted by molar-refractivity contribution is 0.185. The molecule has 1 unspecified atom stereocenters. The summed E-state index contributed by atoms with van der Waals surface area (Å²) in [5, 5.41) is 1.14.